The van der Waals surface area contributed by atoms with E-state index < -0.39 is 10.0 Å². The molecule has 0 heterocycles. The number of halogens is 1. The molecule has 1 N–H and O–H groups in total. The van der Waals surface area contributed by atoms with E-state index in [1.54, 1.807) is 11.8 Å². The Morgan fingerprint density at radius 3 is 2.76 bits per heavy atom. The van der Waals surface area contributed by atoms with Crippen LogP contribution in [0.3, 0.4) is 0 Å². The molecule has 0 bridgehead atoms. The van der Waals surface area contributed by atoms with Crippen LogP contribution in [0.1, 0.15) is 5.56 Å². The predicted molar refractivity (Wildman–Crippen MR) is 69.7 cm³/mol. The van der Waals surface area contributed by atoms with Crippen molar-refractivity contribution in [3.05, 3.63) is 28.8 Å². The first-order valence-electron chi connectivity index (χ1n) is 4.69. The summed E-state index contributed by atoms with van der Waals surface area (Å²) in [4.78, 5) is 0.0719. The summed E-state index contributed by atoms with van der Waals surface area (Å²) in [7, 11) is -3.54. The van der Waals surface area contributed by atoms with Crippen molar-refractivity contribution in [1.82, 2.24) is 4.72 Å². The molecule has 0 spiro atoms. The van der Waals surface area contributed by atoms with E-state index in [1.807, 2.05) is 12.3 Å². The van der Waals surface area contributed by atoms with Crippen LogP contribution < -0.4 is 4.72 Å². The molecule has 7 heteroatoms. The van der Waals surface area contributed by atoms with Crippen LogP contribution in [0.5, 0.6) is 0 Å². The highest BCUT2D eigenvalue weighted by Gasteiger charge is 2.14. The van der Waals surface area contributed by atoms with Crippen LogP contribution in [-0.2, 0) is 10.0 Å². The molecule has 1 aromatic rings. The van der Waals surface area contributed by atoms with Crippen LogP contribution in [0.2, 0.25) is 5.02 Å². The summed E-state index contributed by atoms with van der Waals surface area (Å²) >= 11 is 7.33. The molecule has 0 saturated carbocycles. The summed E-state index contributed by atoms with van der Waals surface area (Å²) in [5.74, 6) is 0.698. The minimum atomic E-state index is -3.54. The minimum Gasteiger partial charge on any atom is -0.210 e. The molecule has 0 unspecified atom stereocenters. The third-order valence-electron chi connectivity index (χ3n) is 1.97. The fraction of sp³-hybridized carbons (Fsp3) is 0.300. The lowest BCUT2D eigenvalue weighted by Crippen LogP contribution is -2.26. The van der Waals surface area contributed by atoms with Gasteiger partial charge in [-0.2, -0.15) is 17.0 Å². The zero-order valence-corrected chi connectivity index (χ0v) is 11.5. The Bertz CT molecular complexity index is 538. The SMILES string of the molecule is CSCCNS(=O)(=O)c1ccc(C#N)c(Cl)c1. The lowest BCUT2D eigenvalue weighted by Gasteiger charge is -2.06. The first-order chi connectivity index (χ1) is 8.01. The molecule has 0 amide bonds. The van der Waals surface area contributed by atoms with Crippen LogP contribution in [0.15, 0.2) is 23.1 Å². The third-order valence-corrected chi connectivity index (χ3v) is 4.35. The van der Waals surface area contributed by atoms with E-state index in [0.717, 1.165) is 0 Å². The number of nitrogens with zero attached hydrogens (tertiary/aromatic N) is 1. The van der Waals surface area contributed by atoms with Crippen LogP contribution in [0.4, 0.5) is 0 Å². The second-order valence-corrected chi connectivity index (χ2v) is 6.30. The van der Waals surface area contributed by atoms with Gasteiger partial charge < -0.3 is 0 Å². The van der Waals surface area contributed by atoms with Gasteiger partial charge in [-0.05, 0) is 24.5 Å². The van der Waals surface area contributed by atoms with E-state index in [2.05, 4.69) is 4.72 Å². The molecule has 0 aliphatic rings. The Morgan fingerprint density at radius 2 is 2.24 bits per heavy atom. The summed E-state index contributed by atoms with van der Waals surface area (Å²) in [6, 6.07) is 5.92. The molecular weight excluding hydrogens is 280 g/mol. The molecule has 0 aromatic heterocycles. The fourth-order valence-electron chi connectivity index (χ4n) is 1.12. The number of hydrogen-bond acceptors (Lipinski definition) is 4. The molecule has 0 aliphatic carbocycles. The van der Waals surface area contributed by atoms with Gasteiger partial charge in [0.2, 0.25) is 10.0 Å². The maximum absolute atomic E-state index is 11.8. The van der Waals surface area contributed by atoms with Crippen molar-refractivity contribution in [1.29, 1.82) is 5.26 Å². The maximum Gasteiger partial charge on any atom is 0.240 e. The zero-order valence-electron chi connectivity index (χ0n) is 9.10. The van der Waals surface area contributed by atoms with Gasteiger partial charge in [0, 0.05) is 12.3 Å². The highest BCUT2D eigenvalue weighted by atomic mass is 35.5. The van der Waals surface area contributed by atoms with Crippen LogP contribution in [0.25, 0.3) is 0 Å². The summed E-state index contributed by atoms with van der Waals surface area (Å²) < 4.78 is 26.0. The van der Waals surface area contributed by atoms with Crippen molar-refractivity contribution >= 4 is 33.4 Å². The number of hydrogen-bond donors (Lipinski definition) is 1. The quantitative estimate of drug-likeness (QED) is 0.840. The Morgan fingerprint density at radius 1 is 1.53 bits per heavy atom. The molecule has 17 heavy (non-hydrogen) atoms. The van der Waals surface area contributed by atoms with Gasteiger partial charge in [-0.25, -0.2) is 13.1 Å². The van der Waals surface area contributed by atoms with Crippen molar-refractivity contribution in [2.45, 2.75) is 4.90 Å². The van der Waals surface area contributed by atoms with Crippen molar-refractivity contribution in [2.24, 2.45) is 0 Å². The van der Waals surface area contributed by atoms with Gasteiger partial charge in [0.1, 0.15) is 6.07 Å². The molecule has 92 valence electrons. The van der Waals surface area contributed by atoms with Crippen LogP contribution >= 0.6 is 23.4 Å². The standard InChI is InChI=1S/C10H11ClN2O2S2/c1-16-5-4-13-17(14,15)9-3-2-8(7-12)10(11)6-9/h2-3,6,13H,4-5H2,1H3. The van der Waals surface area contributed by atoms with E-state index in [9.17, 15) is 8.42 Å². The van der Waals surface area contributed by atoms with Gasteiger partial charge in [-0.1, -0.05) is 11.6 Å². The average molecular weight is 291 g/mol. The van der Waals surface area contributed by atoms with Gasteiger partial charge in [-0.15, -0.1) is 0 Å². The van der Waals surface area contributed by atoms with E-state index in [-0.39, 0.29) is 15.5 Å². The molecule has 4 nitrogen and oxygen atoms in total. The number of nitrogens with one attached hydrogen (secondary N) is 1. The highest BCUT2D eigenvalue weighted by Crippen LogP contribution is 2.19. The van der Waals surface area contributed by atoms with Gasteiger partial charge in [0.25, 0.3) is 0 Å². The van der Waals surface area contributed by atoms with Crippen molar-refractivity contribution in [3.63, 3.8) is 0 Å². The Balaban J connectivity index is 2.93. The van der Waals surface area contributed by atoms with Crippen molar-refractivity contribution < 1.29 is 8.42 Å². The molecule has 1 aromatic carbocycles. The predicted octanol–water partition coefficient (Wildman–Crippen LogP) is 1.85. The zero-order chi connectivity index (χ0) is 12.9. The number of thioether (sulfide) groups is 1. The largest absolute Gasteiger partial charge is 0.240 e. The number of nitriles is 1. The minimum absolute atomic E-state index is 0.0719. The molecule has 1 rings (SSSR count). The van der Waals surface area contributed by atoms with Crippen molar-refractivity contribution in [3.8, 4) is 6.07 Å². The second kappa shape index (κ2) is 6.26. The van der Waals surface area contributed by atoms with Crippen molar-refractivity contribution in [2.75, 3.05) is 18.6 Å². The van der Waals surface area contributed by atoms with E-state index in [1.165, 1.54) is 18.2 Å². The lowest BCUT2D eigenvalue weighted by molar-refractivity contribution is 0.584. The monoisotopic (exact) mass is 290 g/mol. The Kier molecular flexibility index (Phi) is 5.28. The highest BCUT2D eigenvalue weighted by molar-refractivity contribution is 7.98. The summed E-state index contributed by atoms with van der Waals surface area (Å²) in [5.41, 5.74) is 0.259. The summed E-state index contributed by atoms with van der Waals surface area (Å²) in [6.45, 7) is 0.362. The summed E-state index contributed by atoms with van der Waals surface area (Å²) in [5, 5.41) is 8.82. The average Bonchev–Trinajstić information content (AvgIpc) is 2.29. The number of sulfonamides is 1. The van der Waals surface area contributed by atoms with Crippen LogP contribution in [0, 0.1) is 11.3 Å². The van der Waals surface area contributed by atoms with Gasteiger partial charge >= 0.3 is 0 Å². The normalized spacial score (nSPS) is 11.1. The van der Waals surface area contributed by atoms with E-state index in [4.69, 9.17) is 16.9 Å². The molecule has 0 saturated heterocycles. The first-order valence-corrected chi connectivity index (χ1v) is 7.95. The second-order valence-electron chi connectivity index (χ2n) is 3.14. The fourth-order valence-corrected chi connectivity index (χ4v) is 2.90. The molecule has 0 aliphatic heterocycles. The van der Waals surface area contributed by atoms with E-state index >= 15 is 0 Å². The smallest absolute Gasteiger partial charge is 0.210 e. The van der Waals surface area contributed by atoms with Gasteiger partial charge in [0.15, 0.2) is 0 Å². The topological polar surface area (TPSA) is 70.0 Å². The number of rotatable bonds is 5. The summed E-state index contributed by atoms with van der Waals surface area (Å²) in [6.07, 6.45) is 1.90. The Hall–Kier alpha value is -0.740. The lowest BCUT2D eigenvalue weighted by atomic mass is 10.2. The maximum atomic E-state index is 11.8. The molecular formula is C10H11ClN2O2S2. The van der Waals surface area contributed by atoms with Gasteiger partial charge in [0.05, 0.1) is 15.5 Å². The Labute approximate surface area is 110 Å². The van der Waals surface area contributed by atoms with Gasteiger partial charge in [-0.3, -0.25) is 0 Å². The first kappa shape index (κ1) is 14.3. The molecule has 0 radical (unpaired) electrons. The van der Waals surface area contributed by atoms with Crippen LogP contribution in [-0.4, -0.2) is 27.0 Å². The number of benzene rings is 1. The molecule has 0 atom stereocenters. The molecule has 0 fully saturated rings. The third kappa shape index (κ3) is 3.89. The van der Waals surface area contributed by atoms with E-state index in [0.29, 0.717) is 12.3 Å².